The standard InChI is InChI=1S/C10H18N5O13P3/c1-5(16)6(2-26-30(21,22)28-31(23,24)27-29(18,19)20)25-4-15-3-12-7-8(15)13-10(11)14-9(7)17/h3,5-6,16H,2,4H2,1H3,(H,21,22)(H,23,24)(H2,18,19,20)(H3,11,13,14,17)/t5?,6-/m1/s1. The molecule has 0 fully saturated rings. The number of aromatic amines is 1. The number of nitrogens with one attached hydrogen (secondary N) is 1. The van der Waals surface area contributed by atoms with Crippen molar-refractivity contribution in [3.05, 3.63) is 16.7 Å². The Bertz CT molecular complexity index is 1120. The van der Waals surface area contributed by atoms with Crippen LogP contribution in [0.4, 0.5) is 5.95 Å². The van der Waals surface area contributed by atoms with Crippen LogP contribution in [0.3, 0.4) is 0 Å². The lowest BCUT2D eigenvalue weighted by Crippen LogP contribution is -2.31. The van der Waals surface area contributed by atoms with Gasteiger partial charge in [-0.2, -0.15) is 13.6 Å². The third kappa shape index (κ3) is 7.84. The van der Waals surface area contributed by atoms with Gasteiger partial charge in [-0.3, -0.25) is 18.9 Å². The van der Waals surface area contributed by atoms with Gasteiger partial charge in [-0.05, 0) is 6.92 Å². The van der Waals surface area contributed by atoms with Gasteiger partial charge in [-0.15, -0.1) is 0 Å². The molecule has 0 spiro atoms. The molecule has 0 radical (unpaired) electrons. The second kappa shape index (κ2) is 9.54. The number of phosphoric acid groups is 3. The molecule has 0 amide bonds. The van der Waals surface area contributed by atoms with Crippen LogP contribution >= 0.6 is 23.5 Å². The molecular weight excluding hydrogens is 491 g/mol. The van der Waals surface area contributed by atoms with Crippen LogP contribution in [-0.4, -0.2) is 63.0 Å². The number of hydrogen-bond donors (Lipinski definition) is 7. The molecule has 31 heavy (non-hydrogen) atoms. The largest absolute Gasteiger partial charge is 0.490 e. The summed E-state index contributed by atoms with van der Waals surface area (Å²) in [7, 11) is -16.6. The summed E-state index contributed by atoms with van der Waals surface area (Å²) in [6.07, 6.45) is -1.47. The Morgan fingerprint density at radius 1 is 1.19 bits per heavy atom. The number of nitrogen functional groups attached to an aromatic ring is 1. The van der Waals surface area contributed by atoms with Gasteiger partial charge >= 0.3 is 23.5 Å². The molecule has 2 rings (SSSR count). The third-order valence-corrected chi connectivity index (χ3v) is 7.08. The zero-order valence-corrected chi connectivity index (χ0v) is 18.1. The fourth-order valence-corrected chi connectivity index (χ4v) is 5.07. The van der Waals surface area contributed by atoms with Crippen LogP contribution in [0.1, 0.15) is 6.92 Å². The number of hydrogen-bond acceptors (Lipinski definition) is 12. The number of phosphoric ester groups is 1. The van der Waals surface area contributed by atoms with E-state index in [4.69, 9.17) is 25.2 Å². The number of nitrogens with zero attached hydrogens (tertiary/aromatic N) is 3. The van der Waals surface area contributed by atoms with E-state index in [1.807, 2.05) is 0 Å². The summed E-state index contributed by atoms with van der Waals surface area (Å²) in [6, 6.07) is 0. The number of H-pyrrole nitrogens is 1. The number of imidazole rings is 1. The maximum absolute atomic E-state index is 11.8. The maximum atomic E-state index is 11.8. The van der Waals surface area contributed by atoms with Crippen molar-refractivity contribution in [2.24, 2.45) is 0 Å². The molecule has 0 aliphatic carbocycles. The van der Waals surface area contributed by atoms with E-state index in [1.54, 1.807) is 0 Å². The van der Waals surface area contributed by atoms with Gasteiger partial charge < -0.3 is 35.2 Å². The molecule has 8 N–H and O–H groups in total. The number of fused-ring (bicyclic) bond motifs is 1. The third-order valence-electron chi connectivity index (χ3n) is 3.28. The van der Waals surface area contributed by atoms with Crippen LogP contribution in [0, 0.1) is 0 Å². The van der Waals surface area contributed by atoms with Gasteiger partial charge in [0, 0.05) is 0 Å². The Labute approximate surface area is 172 Å². The van der Waals surface area contributed by atoms with E-state index >= 15 is 0 Å². The van der Waals surface area contributed by atoms with Gasteiger partial charge in [-0.25, -0.2) is 18.7 Å². The van der Waals surface area contributed by atoms with Gasteiger partial charge in [0.05, 0.1) is 19.0 Å². The van der Waals surface area contributed by atoms with Crippen molar-refractivity contribution in [2.45, 2.75) is 25.9 Å². The topological polar surface area (TPSA) is 279 Å². The van der Waals surface area contributed by atoms with E-state index in [9.17, 15) is 28.5 Å². The van der Waals surface area contributed by atoms with E-state index in [0.717, 1.165) is 0 Å². The highest BCUT2D eigenvalue weighted by molar-refractivity contribution is 7.66. The van der Waals surface area contributed by atoms with Crippen LogP contribution in [0.25, 0.3) is 11.2 Å². The lowest BCUT2D eigenvalue weighted by atomic mass is 10.2. The summed E-state index contributed by atoms with van der Waals surface area (Å²) < 4.78 is 51.8. The molecule has 21 heteroatoms. The second-order valence-electron chi connectivity index (χ2n) is 5.80. The minimum atomic E-state index is -5.68. The zero-order valence-electron chi connectivity index (χ0n) is 15.4. The summed E-state index contributed by atoms with van der Waals surface area (Å²) in [4.78, 5) is 57.2. The number of aliphatic hydroxyl groups excluding tert-OH is 1. The molecule has 0 aromatic carbocycles. The average Bonchev–Trinajstić information content (AvgIpc) is 2.94. The van der Waals surface area contributed by atoms with Crippen molar-refractivity contribution >= 4 is 40.6 Å². The van der Waals surface area contributed by atoms with Crippen LogP contribution in [0.2, 0.25) is 0 Å². The Morgan fingerprint density at radius 2 is 1.84 bits per heavy atom. The molecule has 3 unspecified atom stereocenters. The van der Waals surface area contributed by atoms with Crippen molar-refractivity contribution in [3.8, 4) is 0 Å². The molecule has 2 aromatic heterocycles. The Balaban J connectivity index is 2.04. The highest BCUT2D eigenvalue weighted by atomic mass is 31.3. The Kier molecular flexibility index (Phi) is 7.92. The molecule has 2 aromatic rings. The first-order valence-corrected chi connectivity index (χ1v) is 12.4. The van der Waals surface area contributed by atoms with E-state index in [1.165, 1.54) is 17.8 Å². The smallest absolute Gasteiger partial charge is 0.391 e. The average molecular weight is 509 g/mol. The molecule has 4 atom stereocenters. The van der Waals surface area contributed by atoms with E-state index < -0.39 is 47.8 Å². The first-order valence-electron chi connectivity index (χ1n) is 7.87. The van der Waals surface area contributed by atoms with E-state index in [-0.39, 0.29) is 23.8 Å². The van der Waals surface area contributed by atoms with Crippen LogP contribution < -0.4 is 11.3 Å². The van der Waals surface area contributed by atoms with E-state index in [0.29, 0.717) is 0 Å². The van der Waals surface area contributed by atoms with Crippen molar-refractivity contribution in [2.75, 3.05) is 12.3 Å². The van der Waals surface area contributed by atoms with Crippen molar-refractivity contribution in [1.82, 2.24) is 19.5 Å². The number of aliphatic hydroxyl groups is 1. The van der Waals surface area contributed by atoms with Crippen molar-refractivity contribution in [1.29, 1.82) is 0 Å². The highest BCUT2D eigenvalue weighted by Crippen LogP contribution is 2.66. The summed E-state index contributed by atoms with van der Waals surface area (Å²) in [5.41, 5.74) is 4.83. The Morgan fingerprint density at radius 3 is 2.42 bits per heavy atom. The minimum Gasteiger partial charge on any atom is -0.391 e. The Hall–Kier alpha value is -1.52. The predicted molar refractivity (Wildman–Crippen MR) is 98.9 cm³/mol. The molecule has 176 valence electrons. The number of ether oxygens (including phenoxy) is 1. The van der Waals surface area contributed by atoms with Crippen LogP contribution in [0.15, 0.2) is 11.1 Å². The van der Waals surface area contributed by atoms with Gasteiger partial charge in [0.2, 0.25) is 5.95 Å². The summed E-state index contributed by atoms with van der Waals surface area (Å²) >= 11 is 0. The molecule has 0 aliphatic heterocycles. The minimum absolute atomic E-state index is 0.0403. The fraction of sp³-hybridized carbons (Fsp3) is 0.500. The fourth-order valence-electron chi connectivity index (χ4n) is 2.04. The maximum Gasteiger partial charge on any atom is 0.490 e. The monoisotopic (exact) mass is 509 g/mol. The highest BCUT2D eigenvalue weighted by Gasteiger charge is 2.41. The summed E-state index contributed by atoms with van der Waals surface area (Å²) in [5, 5.41) is 9.76. The quantitative estimate of drug-likeness (QED) is 0.175. The van der Waals surface area contributed by atoms with Crippen molar-refractivity contribution < 1.29 is 56.3 Å². The van der Waals surface area contributed by atoms with Crippen LogP contribution in [-0.2, 0) is 38.3 Å². The number of rotatable bonds is 11. The molecule has 0 saturated carbocycles. The van der Waals surface area contributed by atoms with E-state index in [2.05, 4.69) is 28.1 Å². The number of anilines is 1. The number of aromatic nitrogens is 4. The summed E-state index contributed by atoms with van der Waals surface area (Å²) in [5.74, 6) is -0.195. The second-order valence-corrected chi connectivity index (χ2v) is 10.2. The lowest BCUT2D eigenvalue weighted by molar-refractivity contribution is -0.0789. The van der Waals surface area contributed by atoms with Gasteiger partial charge in [-0.1, -0.05) is 0 Å². The van der Waals surface area contributed by atoms with Crippen LogP contribution in [0.5, 0.6) is 0 Å². The molecule has 2 heterocycles. The van der Waals surface area contributed by atoms with Crippen molar-refractivity contribution in [3.63, 3.8) is 0 Å². The molecule has 0 bridgehead atoms. The SMILES string of the molecule is CC(O)[C@@H](COP(=O)(O)OP(=O)(O)OP(=O)(O)O)OCn1cnc2c(=O)[nH]c(N)nc21. The first-order chi connectivity index (χ1) is 14.1. The van der Waals surface area contributed by atoms with Gasteiger partial charge in [0.15, 0.2) is 11.2 Å². The van der Waals surface area contributed by atoms with Gasteiger partial charge in [0.25, 0.3) is 5.56 Å². The predicted octanol–water partition coefficient (Wildman–Crippen LogP) is -1.23. The lowest BCUT2D eigenvalue weighted by Gasteiger charge is -2.22. The molecule has 0 aliphatic rings. The zero-order chi connectivity index (χ0) is 23.6. The number of nitrogens with two attached hydrogens (primary N) is 1. The normalized spacial score (nSPS) is 18.4. The van der Waals surface area contributed by atoms with Gasteiger partial charge in [0.1, 0.15) is 12.8 Å². The molecular formula is C10H18N5O13P3. The summed E-state index contributed by atoms with van der Waals surface area (Å²) in [6.45, 7) is -0.0517. The first kappa shape index (κ1) is 25.7. The molecule has 0 saturated heterocycles. The molecule has 18 nitrogen and oxygen atoms in total.